The molecule has 0 aliphatic heterocycles. The number of H-pyrrole nitrogens is 1. The summed E-state index contributed by atoms with van der Waals surface area (Å²) in [5, 5.41) is 10.2. The van der Waals surface area contributed by atoms with E-state index in [0.29, 0.717) is 11.3 Å². The molecule has 2 heterocycles. The number of fused-ring (bicyclic) bond motifs is 1. The van der Waals surface area contributed by atoms with Crippen LogP contribution in [0.25, 0.3) is 22.3 Å². The molecular weight excluding hydrogens is 210 g/mol. The van der Waals surface area contributed by atoms with Gasteiger partial charge in [0.1, 0.15) is 11.8 Å². The summed E-state index contributed by atoms with van der Waals surface area (Å²) in [7, 11) is 0. The molecule has 0 radical (unpaired) electrons. The van der Waals surface area contributed by atoms with E-state index in [-0.39, 0.29) is 0 Å². The van der Waals surface area contributed by atoms with Crippen molar-refractivity contribution in [2.75, 3.05) is 0 Å². The van der Waals surface area contributed by atoms with E-state index in [0.717, 1.165) is 16.6 Å². The molecule has 0 amide bonds. The molecule has 3 rings (SSSR count). The summed E-state index contributed by atoms with van der Waals surface area (Å²) >= 11 is 0. The van der Waals surface area contributed by atoms with Crippen LogP contribution in [0.3, 0.4) is 0 Å². The first-order valence-electron chi connectivity index (χ1n) is 5.32. The summed E-state index contributed by atoms with van der Waals surface area (Å²) in [6.45, 7) is 0. The van der Waals surface area contributed by atoms with Gasteiger partial charge in [0, 0.05) is 17.1 Å². The molecule has 3 nitrogen and oxygen atoms in total. The minimum Gasteiger partial charge on any atom is -0.353 e. The van der Waals surface area contributed by atoms with E-state index >= 15 is 0 Å². The number of para-hydroxylation sites is 1. The van der Waals surface area contributed by atoms with Crippen LogP contribution in [0.4, 0.5) is 0 Å². The standard InChI is InChI=1S/C14H9N3/c15-9-11-5-3-7-16-14(11)13-8-10-4-1-2-6-12(10)17-13/h1-8,17H. The van der Waals surface area contributed by atoms with Gasteiger partial charge in [-0.3, -0.25) is 4.98 Å². The van der Waals surface area contributed by atoms with Crippen molar-refractivity contribution in [1.82, 2.24) is 9.97 Å². The lowest BCUT2D eigenvalue weighted by Crippen LogP contribution is -1.87. The number of nitriles is 1. The van der Waals surface area contributed by atoms with E-state index in [1.54, 1.807) is 18.3 Å². The van der Waals surface area contributed by atoms with Crippen LogP contribution >= 0.6 is 0 Å². The molecular formula is C14H9N3. The van der Waals surface area contributed by atoms with Crippen molar-refractivity contribution in [3.8, 4) is 17.5 Å². The number of aromatic amines is 1. The van der Waals surface area contributed by atoms with Gasteiger partial charge in [0.2, 0.25) is 0 Å². The van der Waals surface area contributed by atoms with Crippen molar-refractivity contribution in [2.24, 2.45) is 0 Å². The third-order valence-electron chi connectivity index (χ3n) is 2.71. The third kappa shape index (κ3) is 1.56. The zero-order valence-corrected chi connectivity index (χ0v) is 9.01. The van der Waals surface area contributed by atoms with Crippen LogP contribution in [0.2, 0.25) is 0 Å². The van der Waals surface area contributed by atoms with Gasteiger partial charge in [0.15, 0.2) is 0 Å². The van der Waals surface area contributed by atoms with Crippen LogP contribution in [0.5, 0.6) is 0 Å². The molecule has 0 atom stereocenters. The molecule has 0 unspecified atom stereocenters. The van der Waals surface area contributed by atoms with Gasteiger partial charge in [-0.25, -0.2) is 0 Å². The lowest BCUT2D eigenvalue weighted by atomic mass is 10.1. The Morgan fingerprint density at radius 1 is 1.12 bits per heavy atom. The van der Waals surface area contributed by atoms with Crippen LogP contribution in [-0.2, 0) is 0 Å². The topological polar surface area (TPSA) is 52.5 Å². The van der Waals surface area contributed by atoms with Gasteiger partial charge in [-0.1, -0.05) is 18.2 Å². The number of nitrogens with zero attached hydrogens (tertiary/aromatic N) is 2. The summed E-state index contributed by atoms with van der Waals surface area (Å²) < 4.78 is 0. The molecule has 1 aromatic carbocycles. The minimum atomic E-state index is 0.582. The summed E-state index contributed by atoms with van der Waals surface area (Å²) in [4.78, 5) is 7.53. The molecule has 0 fully saturated rings. The van der Waals surface area contributed by atoms with Gasteiger partial charge in [-0.15, -0.1) is 0 Å². The van der Waals surface area contributed by atoms with Crippen molar-refractivity contribution in [3.05, 3.63) is 54.2 Å². The molecule has 0 saturated heterocycles. The number of hydrogen-bond donors (Lipinski definition) is 1. The fourth-order valence-corrected chi connectivity index (χ4v) is 1.91. The third-order valence-corrected chi connectivity index (χ3v) is 2.71. The van der Waals surface area contributed by atoms with E-state index in [9.17, 15) is 0 Å². The second-order valence-electron chi connectivity index (χ2n) is 3.78. The monoisotopic (exact) mass is 219 g/mol. The molecule has 0 spiro atoms. The molecule has 0 bridgehead atoms. The van der Waals surface area contributed by atoms with Crippen LogP contribution in [0.1, 0.15) is 5.56 Å². The van der Waals surface area contributed by atoms with Crippen LogP contribution in [0.15, 0.2) is 48.7 Å². The van der Waals surface area contributed by atoms with Crippen LogP contribution < -0.4 is 0 Å². The lowest BCUT2D eigenvalue weighted by Gasteiger charge is -1.98. The van der Waals surface area contributed by atoms with Gasteiger partial charge in [0.25, 0.3) is 0 Å². The van der Waals surface area contributed by atoms with Crippen molar-refractivity contribution < 1.29 is 0 Å². The van der Waals surface area contributed by atoms with Crippen molar-refractivity contribution >= 4 is 10.9 Å². The van der Waals surface area contributed by atoms with Gasteiger partial charge in [-0.2, -0.15) is 5.26 Å². The molecule has 0 saturated carbocycles. The quantitative estimate of drug-likeness (QED) is 0.683. The van der Waals surface area contributed by atoms with Crippen LogP contribution in [0, 0.1) is 11.3 Å². The Kier molecular flexibility index (Phi) is 2.13. The highest BCUT2D eigenvalue weighted by molar-refractivity contribution is 5.85. The number of rotatable bonds is 1. The molecule has 0 aliphatic rings. The number of hydrogen-bond acceptors (Lipinski definition) is 2. The maximum absolute atomic E-state index is 9.05. The average molecular weight is 219 g/mol. The summed E-state index contributed by atoms with van der Waals surface area (Å²) in [6.07, 6.45) is 1.70. The fraction of sp³-hybridized carbons (Fsp3) is 0. The highest BCUT2D eigenvalue weighted by Crippen LogP contribution is 2.24. The Bertz CT molecular complexity index is 686. The Balaban J connectivity index is 2.25. The van der Waals surface area contributed by atoms with E-state index in [2.05, 4.69) is 16.0 Å². The number of pyridine rings is 1. The van der Waals surface area contributed by atoms with E-state index in [1.807, 2.05) is 30.3 Å². The molecule has 0 aliphatic carbocycles. The smallest absolute Gasteiger partial charge is 0.104 e. The summed E-state index contributed by atoms with van der Waals surface area (Å²) in [5.41, 5.74) is 3.21. The fourth-order valence-electron chi connectivity index (χ4n) is 1.91. The number of aromatic nitrogens is 2. The highest BCUT2D eigenvalue weighted by Gasteiger charge is 2.08. The van der Waals surface area contributed by atoms with Crippen molar-refractivity contribution in [1.29, 1.82) is 5.26 Å². The molecule has 2 aromatic heterocycles. The second kappa shape index (κ2) is 3.76. The molecule has 80 valence electrons. The minimum absolute atomic E-state index is 0.582. The molecule has 3 aromatic rings. The first-order chi connectivity index (χ1) is 8.38. The van der Waals surface area contributed by atoms with Crippen molar-refractivity contribution in [2.45, 2.75) is 0 Å². The normalized spacial score (nSPS) is 10.3. The predicted octanol–water partition coefficient (Wildman–Crippen LogP) is 3.10. The average Bonchev–Trinajstić information content (AvgIpc) is 2.82. The van der Waals surface area contributed by atoms with Crippen molar-refractivity contribution in [3.63, 3.8) is 0 Å². The highest BCUT2D eigenvalue weighted by atomic mass is 14.8. The predicted molar refractivity (Wildman–Crippen MR) is 66.2 cm³/mol. The SMILES string of the molecule is N#Cc1cccnc1-c1cc2ccccc2[nH]1. The Morgan fingerprint density at radius 2 is 2.00 bits per heavy atom. The van der Waals surface area contributed by atoms with Gasteiger partial charge in [0.05, 0.1) is 11.3 Å². The molecule has 1 N–H and O–H groups in total. The first-order valence-corrected chi connectivity index (χ1v) is 5.32. The Labute approximate surface area is 98.4 Å². The Hall–Kier alpha value is -2.60. The first kappa shape index (κ1) is 9.61. The number of nitrogens with one attached hydrogen (secondary N) is 1. The van der Waals surface area contributed by atoms with Gasteiger partial charge >= 0.3 is 0 Å². The zero-order chi connectivity index (χ0) is 11.7. The second-order valence-corrected chi connectivity index (χ2v) is 3.78. The largest absolute Gasteiger partial charge is 0.353 e. The lowest BCUT2D eigenvalue weighted by molar-refractivity contribution is 1.27. The van der Waals surface area contributed by atoms with Gasteiger partial charge in [-0.05, 0) is 24.3 Å². The number of benzene rings is 1. The maximum atomic E-state index is 9.05. The Morgan fingerprint density at radius 3 is 2.82 bits per heavy atom. The molecule has 3 heteroatoms. The van der Waals surface area contributed by atoms with E-state index in [4.69, 9.17) is 5.26 Å². The van der Waals surface area contributed by atoms with E-state index < -0.39 is 0 Å². The summed E-state index contributed by atoms with van der Waals surface area (Å²) in [6, 6.07) is 15.7. The maximum Gasteiger partial charge on any atom is 0.104 e. The summed E-state index contributed by atoms with van der Waals surface area (Å²) in [5.74, 6) is 0. The zero-order valence-electron chi connectivity index (χ0n) is 9.01. The van der Waals surface area contributed by atoms with Crippen LogP contribution in [-0.4, -0.2) is 9.97 Å². The molecule has 17 heavy (non-hydrogen) atoms. The van der Waals surface area contributed by atoms with E-state index in [1.165, 1.54) is 0 Å². The van der Waals surface area contributed by atoms with Gasteiger partial charge < -0.3 is 4.98 Å².